The highest BCUT2D eigenvalue weighted by Gasteiger charge is 2.09. The maximum atomic E-state index is 11.9. The Bertz CT molecular complexity index is 555. The highest BCUT2D eigenvalue weighted by atomic mass is 16.4. The molecule has 0 aliphatic heterocycles. The fourth-order valence-corrected chi connectivity index (χ4v) is 1.59. The zero-order chi connectivity index (χ0) is 13.8. The van der Waals surface area contributed by atoms with E-state index in [1.54, 1.807) is 24.3 Å². The minimum absolute atomic E-state index is 0.183. The molecule has 0 aliphatic carbocycles. The minimum Gasteiger partial charge on any atom is -0.444 e. The van der Waals surface area contributed by atoms with Crippen LogP contribution in [0.25, 0.3) is 0 Å². The molecule has 100 valence electrons. The normalized spacial score (nSPS) is 10.3. The summed E-state index contributed by atoms with van der Waals surface area (Å²) in [7, 11) is 0. The summed E-state index contributed by atoms with van der Waals surface area (Å²) in [6, 6.07) is 6.84. The molecule has 1 amide bonds. The van der Waals surface area contributed by atoms with Crippen molar-refractivity contribution in [1.82, 2.24) is 10.3 Å². The van der Waals surface area contributed by atoms with Gasteiger partial charge in [-0.1, -0.05) is 0 Å². The number of hydrazine groups is 1. The number of rotatable bonds is 4. The van der Waals surface area contributed by atoms with E-state index < -0.39 is 0 Å². The molecule has 6 nitrogen and oxygen atoms in total. The van der Waals surface area contributed by atoms with Crippen LogP contribution in [0.4, 0.5) is 5.69 Å². The lowest BCUT2D eigenvalue weighted by molar-refractivity contribution is 0.0947. The second-order valence-corrected chi connectivity index (χ2v) is 4.15. The van der Waals surface area contributed by atoms with E-state index in [-0.39, 0.29) is 12.5 Å². The van der Waals surface area contributed by atoms with Crippen LogP contribution in [-0.4, -0.2) is 10.9 Å². The van der Waals surface area contributed by atoms with Crippen molar-refractivity contribution in [3.63, 3.8) is 0 Å². The van der Waals surface area contributed by atoms with Crippen LogP contribution in [0.15, 0.2) is 28.7 Å². The molecular formula is C13H16N4O2. The van der Waals surface area contributed by atoms with Crippen molar-refractivity contribution < 1.29 is 9.21 Å². The van der Waals surface area contributed by atoms with Crippen LogP contribution in [0.3, 0.4) is 0 Å². The van der Waals surface area contributed by atoms with Gasteiger partial charge in [0.25, 0.3) is 5.91 Å². The molecule has 0 atom stereocenters. The maximum absolute atomic E-state index is 11.9. The average molecular weight is 260 g/mol. The summed E-state index contributed by atoms with van der Waals surface area (Å²) in [6.07, 6.45) is 0. The Balaban J connectivity index is 1.96. The molecule has 1 aromatic heterocycles. The van der Waals surface area contributed by atoms with Crippen LogP contribution in [-0.2, 0) is 6.54 Å². The lowest BCUT2D eigenvalue weighted by Crippen LogP contribution is -2.23. The van der Waals surface area contributed by atoms with Crippen molar-refractivity contribution >= 4 is 11.6 Å². The predicted octanol–water partition coefficient (Wildman–Crippen LogP) is 1.51. The number of hydrogen-bond acceptors (Lipinski definition) is 5. The fraction of sp³-hybridized carbons (Fsp3) is 0.231. The van der Waals surface area contributed by atoms with Gasteiger partial charge in [-0.25, -0.2) is 4.98 Å². The topological polar surface area (TPSA) is 93.2 Å². The lowest BCUT2D eigenvalue weighted by Gasteiger charge is -2.04. The SMILES string of the molecule is Cc1nc(CNC(=O)c2ccc(NN)cc2)oc1C. The molecule has 0 saturated carbocycles. The quantitative estimate of drug-likeness (QED) is 0.572. The Hall–Kier alpha value is -2.34. The second-order valence-electron chi connectivity index (χ2n) is 4.15. The van der Waals surface area contributed by atoms with Gasteiger partial charge in [-0.3, -0.25) is 10.6 Å². The van der Waals surface area contributed by atoms with Gasteiger partial charge in [0.15, 0.2) is 0 Å². The van der Waals surface area contributed by atoms with Crippen LogP contribution in [0, 0.1) is 13.8 Å². The summed E-state index contributed by atoms with van der Waals surface area (Å²) in [4.78, 5) is 16.1. The summed E-state index contributed by atoms with van der Waals surface area (Å²) < 4.78 is 5.38. The molecule has 0 saturated heterocycles. The van der Waals surface area contributed by atoms with Gasteiger partial charge in [-0.05, 0) is 38.1 Å². The van der Waals surface area contributed by atoms with Gasteiger partial charge in [0.2, 0.25) is 5.89 Å². The van der Waals surface area contributed by atoms with Crippen LogP contribution in [0.1, 0.15) is 27.7 Å². The van der Waals surface area contributed by atoms with Crippen molar-refractivity contribution in [2.24, 2.45) is 5.84 Å². The highest BCUT2D eigenvalue weighted by Crippen LogP contribution is 2.10. The molecule has 0 spiro atoms. The largest absolute Gasteiger partial charge is 0.444 e. The minimum atomic E-state index is -0.183. The first-order valence-electron chi connectivity index (χ1n) is 5.88. The zero-order valence-corrected chi connectivity index (χ0v) is 10.9. The Morgan fingerprint density at radius 1 is 1.32 bits per heavy atom. The fourth-order valence-electron chi connectivity index (χ4n) is 1.59. The van der Waals surface area contributed by atoms with Gasteiger partial charge in [0, 0.05) is 11.3 Å². The molecule has 2 aromatic rings. The van der Waals surface area contributed by atoms with E-state index in [1.165, 1.54) is 0 Å². The Kier molecular flexibility index (Phi) is 3.82. The summed E-state index contributed by atoms with van der Waals surface area (Å²) in [5.74, 6) is 6.34. The Labute approximate surface area is 111 Å². The standard InChI is InChI=1S/C13H16N4O2/c1-8-9(2)19-12(16-8)7-15-13(18)10-3-5-11(17-14)6-4-10/h3-6,17H,7,14H2,1-2H3,(H,15,18). The maximum Gasteiger partial charge on any atom is 0.251 e. The molecule has 0 aliphatic rings. The first-order chi connectivity index (χ1) is 9.10. The highest BCUT2D eigenvalue weighted by molar-refractivity contribution is 5.94. The number of aromatic nitrogens is 1. The average Bonchev–Trinajstić information content (AvgIpc) is 2.75. The van der Waals surface area contributed by atoms with Gasteiger partial charge < -0.3 is 15.2 Å². The van der Waals surface area contributed by atoms with Crippen molar-refractivity contribution in [3.8, 4) is 0 Å². The van der Waals surface area contributed by atoms with Crippen LogP contribution < -0.4 is 16.6 Å². The second kappa shape index (κ2) is 5.53. The molecule has 0 fully saturated rings. The number of hydrogen-bond donors (Lipinski definition) is 3. The molecule has 1 heterocycles. The van der Waals surface area contributed by atoms with Crippen LogP contribution in [0.2, 0.25) is 0 Å². The van der Waals surface area contributed by atoms with Gasteiger partial charge in [-0.2, -0.15) is 0 Å². The number of nitrogens with zero attached hydrogens (tertiary/aromatic N) is 1. The summed E-state index contributed by atoms with van der Waals surface area (Å²) in [6.45, 7) is 3.97. The smallest absolute Gasteiger partial charge is 0.251 e. The van der Waals surface area contributed by atoms with Gasteiger partial charge in [0.05, 0.1) is 12.2 Å². The van der Waals surface area contributed by atoms with E-state index in [1.807, 2.05) is 13.8 Å². The number of oxazole rings is 1. The summed E-state index contributed by atoms with van der Waals surface area (Å²) in [5, 5.41) is 2.75. The molecule has 2 rings (SSSR count). The molecule has 1 aromatic carbocycles. The van der Waals surface area contributed by atoms with E-state index in [4.69, 9.17) is 10.3 Å². The summed E-state index contributed by atoms with van der Waals surface area (Å²) >= 11 is 0. The number of carbonyl (C=O) groups excluding carboxylic acids is 1. The van der Waals surface area contributed by atoms with E-state index in [2.05, 4.69) is 15.7 Å². The van der Waals surface area contributed by atoms with Gasteiger partial charge >= 0.3 is 0 Å². The van der Waals surface area contributed by atoms with E-state index in [9.17, 15) is 4.79 Å². The number of benzene rings is 1. The van der Waals surface area contributed by atoms with Crippen molar-refractivity contribution in [2.45, 2.75) is 20.4 Å². The lowest BCUT2D eigenvalue weighted by atomic mass is 10.2. The first-order valence-corrected chi connectivity index (χ1v) is 5.88. The third-order valence-corrected chi connectivity index (χ3v) is 2.79. The van der Waals surface area contributed by atoms with Crippen molar-refractivity contribution in [1.29, 1.82) is 0 Å². The van der Waals surface area contributed by atoms with Crippen molar-refractivity contribution in [3.05, 3.63) is 47.2 Å². The molecule has 0 radical (unpaired) electrons. The Morgan fingerprint density at radius 3 is 2.53 bits per heavy atom. The summed E-state index contributed by atoms with van der Waals surface area (Å²) in [5.41, 5.74) is 4.64. The molecule has 19 heavy (non-hydrogen) atoms. The van der Waals surface area contributed by atoms with E-state index in [0.29, 0.717) is 11.5 Å². The molecule has 6 heteroatoms. The molecular weight excluding hydrogens is 244 g/mol. The Morgan fingerprint density at radius 2 is 2.00 bits per heavy atom. The van der Waals surface area contributed by atoms with Gasteiger partial charge in [-0.15, -0.1) is 0 Å². The molecule has 0 unspecified atom stereocenters. The number of nitrogens with one attached hydrogen (secondary N) is 2. The number of nitrogens with two attached hydrogens (primary N) is 1. The van der Waals surface area contributed by atoms with Crippen LogP contribution in [0.5, 0.6) is 0 Å². The predicted molar refractivity (Wildman–Crippen MR) is 71.4 cm³/mol. The zero-order valence-electron chi connectivity index (χ0n) is 10.9. The number of nitrogen functional groups attached to an aromatic ring is 1. The number of aryl methyl sites for hydroxylation is 2. The third-order valence-electron chi connectivity index (χ3n) is 2.79. The number of amides is 1. The van der Waals surface area contributed by atoms with Gasteiger partial charge in [0.1, 0.15) is 5.76 Å². The van der Waals surface area contributed by atoms with Crippen molar-refractivity contribution in [2.75, 3.05) is 5.43 Å². The number of carbonyl (C=O) groups is 1. The third kappa shape index (κ3) is 3.11. The monoisotopic (exact) mass is 260 g/mol. The first kappa shape index (κ1) is 13.1. The molecule has 4 N–H and O–H groups in total. The van der Waals surface area contributed by atoms with Crippen LogP contribution >= 0.6 is 0 Å². The van der Waals surface area contributed by atoms with E-state index >= 15 is 0 Å². The number of anilines is 1. The van der Waals surface area contributed by atoms with E-state index in [0.717, 1.165) is 17.1 Å². The molecule has 0 bridgehead atoms.